The number of rotatable bonds is 3. The highest BCUT2D eigenvalue weighted by Gasteiger charge is 2.08. The maximum Gasteiger partial charge on any atom is 0.160 e. The van der Waals surface area contributed by atoms with Gasteiger partial charge in [0.2, 0.25) is 0 Å². The largest absolute Gasteiger partial charge is 0.330 e. The monoisotopic (exact) mass is 204 g/mol. The molecule has 0 amide bonds. The van der Waals surface area contributed by atoms with Gasteiger partial charge in [0, 0.05) is 5.69 Å². The van der Waals surface area contributed by atoms with Crippen LogP contribution in [0.5, 0.6) is 0 Å². The molecular formula is C11H16N4. The first-order valence-electron chi connectivity index (χ1n) is 5.22. The van der Waals surface area contributed by atoms with E-state index in [9.17, 15) is 0 Å². The molecular weight excluding hydrogens is 188 g/mol. The van der Waals surface area contributed by atoms with Gasteiger partial charge in [0.15, 0.2) is 5.65 Å². The second kappa shape index (κ2) is 3.98. The van der Waals surface area contributed by atoms with Gasteiger partial charge in [0.1, 0.15) is 5.82 Å². The molecule has 0 radical (unpaired) electrons. The minimum Gasteiger partial charge on any atom is -0.330 e. The van der Waals surface area contributed by atoms with Crippen LogP contribution in [0.2, 0.25) is 0 Å². The Morgan fingerprint density at radius 2 is 2.20 bits per heavy atom. The quantitative estimate of drug-likeness (QED) is 0.816. The Morgan fingerprint density at radius 3 is 2.93 bits per heavy atom. The smallest absolute Gasteiger partial charge is 0.160 e. The second-order valence-electron chi connectivity index (χ2n) is 4.00. The summed E-state index contributed by atoms with van der Waals surface area (Å²) in [5, 5.41) is 8.16. The Labute approximate surface area is 89.1 Å². The van der Waals surface area contributed by atoms with E-state index in [2.05, 4.69) is 27.6 Å². The summed E-state index contributed by atoms with van der Waals surface area (Å²) in [6.07, 6.45) is 0.965. The summed E-state index contributed by atoms with van der Waals surface area (Å²) in [5.41, 5.74) is 7.78. The van der Waals surface area contributed by atoms with Gasteiger partial charge in [0.05, 0.1) is 0 Å². The zero-order valence-corrected chi connectivity index (χ0v) is 9.14. The van der Waals surface area contributed by atoms with Crippen LogP contribution in [0.15, 0.2) is 18.2 Å². The number of hydrogen-bond donors (Lipinski definition) is 1. The summed E-state index contributed by atoms with van der Waals surface area (Å²) in [5.74, 6) is 1.42. The van der Waals surface area contributed by atoms with Gasteiger partial charge in [-0.3, -0.25) is 4.40 Å². The molecule has 2 aromatic heterocycles. The molecule has 1 atom stereocenters. The van der Waals surface area contributed by atoms with Crippen molar-refractivity contribution in [1.82, 2.24) is 14.6 Å². The Balaban J connectivity index is 2.45. The first-order chi connectivity index (χ1) is 7.22. The van der Waals surface area contributed by atoms with E-state index in [0.29, 0.717) is 12.5 Å². The topological polar surface area (TPSA) is 56.2 Å². The molecule has 0 fully saturated rings. The average molecular weight is 204 g/mol. The summed E-state index contributed by atoms with van der Waals surface area (Å²) in [4.78, 5) is 0. The van der Waals surface area contributed by atoms with Crippen molar-refractivity contribution in [1.29, 1.82) is 0 Å². The lowest BCUT2D eigenvalue weighted by atomic mass is 10.1. The Hall–Kier alpha value is -1.42. The normalized spacial score (nSPS) is 13.3. The third-order valence-corrected chi connectivity index (χ3v) is 2.63. The molecule has 2 rings (SSSR count). The standard InChI is InChI=1S/C11H16N4/c1-8(7-12)6-10-4-3-5-11-14-13-9(2)15(10)11/h3-5,8H,6-7,12H2,1-2H3. The highest BCUT2D eigenvalue weighted by atomic mass is 15.2. The van der Waals surface area contributed by atoms with Crippen molar-refractivity contribution < 1.29 is 0 Å². The van der Waals surface area contributed by atoms with Crippen LogP contribution in [0, 0.1) is 12.8 Å². The Bertz CT molecular complexity index is 461. The van der Waals surface area contributed by atoms with Crippen LogP contribution in [0.1, 0.15) is 18.4 Å². The van der Waals surface area contributed by atoms with E-state index in [4.69, 9.17) is 5.73 Å². The molecule has 2 aromatic rings. The molecule has 0 bridgehead atoms. The number of aryl methyl sites for hydroxylation is 1. The lowest BCUT2D eigenvalue weighted by molar-refractivity contribution is 0.579. The first kappa shape index (κ1) is 10.1. The highest BCUT2D eigenvalue weighted by Crippen LogP contribution is 2.12. The van der Waals surface area contributed by atoms with Crippen LogP contribution >= 0.6 is 0 Å². The highest BCUT2D eigenvalue weighted by molar-refractivity contribution is 5.39. The van der Waals surface area contributed by atoms with E-state index in [1.807, 2.05) is 19.1 Å². The molecule has 4 nitrogen and oxygen atoms in total. The summed E-state index contributed by atoms with van der Waals surface area (Å²) < 4.78 is 2.09. The van der Waals surface area contributed by atoms with Gasteiger partial charge >= 0.3 is 0 Å². The molecule has 0 aromatic carbocycles. The number of fused-ring (bicyclic) bond motifs is 1. The number of aromatic nitrogens is 3. The van der Waals surface area contributed by atoms with E-state index in [1.54, 1.807) is 0 Å². The van der Waals surface area contributed by atoms with Crippen molar-refractivity contribution in [2.24, 2.45) is 11.7 Å². The van der Waals surface area contributed by atoms with Gasteiger partial charge in [-0.05, 0) is 37.9 Å². The fraction of sp³-hybridized carbons (Fsp3) is 0.455. The van der Waals surface area contributed by atoms with Gasteiger partial charge in [-0.25, -0.2) is 0 Å². The molecule has 1 unspecified atom stereocenters. The van der Waals surface area contributed by atoms with Crippen molar-refractivity contribution in [3.8, 4) is 0 Å². The van der Waals surface area contributed by atoms with Crippen LogP contribution < -0.4 is 5.73 Å². The molecule has 80 valence electrons. The summed E-state index contributed by atoms with van der Waals surface area (Å²) >= 11 is 0. The van der Waals surface area contributed by atoms with Gasteiger partial charge in [0.25, 0.3) is 0 Å². The van der Waals surface area contributed by atoms with Gasteiger partial charge in [-0.2, -0.15) is 0 Å². The van der Waals surface area contributed by atoms with Gasteiger partial charge in [-0.15, -0.1) is 10.2 Å². The third-order valence-electron chi connectivity index (χ3n) is 2.63. The van der Waals surface area contributed by atoms with Crippen LogP contribution in [0.4, 0.5) is 0 Å². The van der Waals surface area contributed by atoms with Crippen molar-refractivity contribution in [3.63, 3.8) is 0 Å². The SMILES string of the molecule is Cc1nnc2cccc(CC(C)CN)n12. The minimum atomic E-state index is 0.484. The van der Waals surface area contributed by atoms with E-state index in [0.717, 1.165) is 17.9 Å². The Morgan fingerprint density at radius 1 is 1.40 bits per heavy atom. The summed E-state index contributed by atoms with van der Waals surface area (Å²) in [7, 11) is 0. The molecule has 0 aliphatic rings. The summed E-state index contributed by atoms with van der Waals surface area (Å²) in [6, 6.07) is 6.09. The summed E-state index contributed by atoms with van der Waals surface area (Å²) in [6.45, 7) is 4.83. The van der Waals surface area contributed by atoms with Gasteiger partial charge < -0.3 is 5.73 Å². The molecule has 0 saturated heterocycles. The molecule has 0 saturated carbocycles. The lowest BCUT2D eigenvalue weighted by Crippen LogP contribution is -2.15. The predicted octanol–water partition coefficient (Wildman–Crippen LogP) is 1.18. The van der Waals surface area contributed by atoms with Crippen molar-refractivity contribution in [2.45, 2.75) is 20.3 Å². The van der Waals surface area contributed by atoms with E-state index >= 15 is 0 Å². The zero-order chi connectivity index (χ0) is 10.8. The van der Waals surface area contributed by atoms with E-state index in [-0.39, 0.29) is 0 Å². The molecule has 0 spiro atoms. The van der Waals surface area contributed by atoms with Crippen molar-refractivity contribution >= 4 is 5.65 Å². The second-order valence-corrected chi connectivity index (χ2v) is 4.00. The van der Waals surface area contributed by atoms with E-state index < -0.39 is 0 Å². The molecule has 0 aliphatic carbocycles. The Kier molecular flexibility index (Phi) is 2.68. The fourth-order valence-corrected chi connectivity index (χ4v) is 1.76. The number of nitrogens with two attached hydrogens (primary N) is 1. The van der Waals surface area contributed by atoms with Crippen LogP contribution in [0.25, 0.3) is 5.65 Å². The minimum absolute atomic E-state index is 0.484. The van der Waals surface area contributed by atoms with E-state index in [1.165, 1.54) is 5.69 Å². The fourth-order valence-electron chi connectivity index (χ4n) is 1.76. The average Bonchev–Trinajstić information content (AvgIpc) is 2.61. The molecule has 2 heterocycles. The molecule has 4 heteroatoms. The van der Waals surface area contributed by atoms with Crippen LogP contribution in [0.3, 0.4) is 0 Å². The predicted molar refractivity (Wildman–Crippen MR) is 59.6 cm³/mol. The zero-order valence-electron chi connectivity index (χ0n) is 9.14. The first-order valence-corrected chi connectivity index (χ1v) is 5.22. The molecule has 15 heavy (non-hydrogen) atoms. The lowest BCUT2D eigenvalue weighted by Gasteiger charge is -2.10. The molecule has 2 N–H and O–H groups in total. The maximum absolute atomic E-state index is 5.64. The number of hydrogen-bond acceptors (Lipinski definition) is 3. The van der Waals surface area contributed by atoms with Crippen molar-refractivity contribution in [2.75, 3.05) is 6.54 Å². The number of pyridine rings is 1. The molecule has 0 aliphatic heterocycles. The van der Waals surface area contributed by atoms with Crippen LogP contribution in [-0.2, 0) is 6.42 Å². The van der Waals surface area contributed by atoms with Crippen molar-refractivity contribution in [3.05, 3.63) is 29.7 Å². The maximum atomic E-state index is 5.64. The third kappa shape index (κ3) is 1.85. The van der Waals surface area contributed by atoms with Crippen LogP contribution in [-0.4, -0.2) is 21.1 Å². The number of nitrogens with zero attached hydrogens (tertiary/aromatic N) is 3. The van der Waals surface area contributed by atoms with Gasteiger partial charge in [-0.1, -0.05) is 13.0 Å².